The fraction of sp³-hybridized carbons (Fsp3) is 0.324. The maximum Gasteiger partial charge on any atom is 0.417 e. The molecule has 0 saturated carbocycles. The van der Waals surface area contributed by atoms with Crippen molar-refractivity contribution in [2.45, 2.75) is 38.4 Å². The minimum Gasteiger partial charge on any atom is -0.490 e. The molecule has 5 heterocycles. The van der Waals surface area contributed by atoms with Crippen LogP contribution in [0.2, 0.25) is 0 Å². The number of alkyl halides is 3. The third kappa shape index (κ3) is 6.54. The maximum absolute atomic E-state index is 15.3. The molecule has 2 aliphatic heterocycles. The van der Waals surface area contributed by atoms with Crippen molar-refractivity contribution >= 4 is 41.1 Å². The van der Waals surface area contributed by atoms with Gasteiger partial charge in [-0.05, 0) is 62.3 Å². The fourth-order valence-electron chi connectivity index (χ4n) is 7.07. The lowest BCUT2D eigenvalue weighted by Gasteiger charge is -2.26. The number of benzene rings is 2. The first kappa shape index (κ1) is 35.6. The maximum atomic E-state index is 15.3. The van der Waals surface area contributed by atoms with E-state index in [1.54, 1.807) is 25.2 Å². The molecule has 0 radical (unpaired) electrons. The van der Waals surface area contributed by atoms with Gasteiger partial charge in [0, 0.05) is 67.3 Å². The highest BCUT2D eigenvalue weighted by atomic mass is 31.2. The van der Waals surface area contributed by atoms with E-state index in [1.165, 1.54) is 34.9 Å². The molecule has 1 fully saturated rings. The molecule has 2 N–H and O–H groups in total. The van der Waals surface area contributed by atoms with Crippen LogP contribution >= 0.6 is 7.14 Å². The average Bonchev–Trinajstić information content (AvgIpc) is 3.59. The topological polar surface area (TPSA) is 107 Å². The number of rotatable bonds is 7. The molecular weight excluding hydrogens is 704 g/mol. The van der Waals surface area contributed by atoms with Crippen molar-refractivity contribution in [2.75, 3.05) is 37.5 Å². The molecular formula is C37H35F5N5O4P. The number of pyridine rings is 1. The molecule has 9 nitrogen and oxygen atoms in total. The molecule has 15 heteroatoms. The van der Waals surface area contributed by atoms with Crippen LogP contribution in [0.1, 0.15) is 45.8 Å². The predicted molar refractivity (Wildman–Crippen MR) is 188 cm³/mol. The van der Waals surface area contributed by atoms with Crippen molar-refractivity contribution < 1.29 is 40.8 Å². The summed E-state index contributed by atoms with van der Waals surface area (Å²) in [7, 11) is -0.428. The molecule has 0 aliphatic carbocycles. The van der Waals surface area contributed by atoms with Gasteiger partial charge in [0.05, 0.1) is 36.0 Å². The number of nitrogens with one attached hydrogen (secondary N) is 2. The van der Waals surface area contributed by atoms with Crippen molar-refractivity contribution in [1.82, 2.24) is 19.3 Å². The van der Waals surface area contributed by atoms with Gasteiger partial charge in [0.2, 0.25) is 11.7 Å². The van der Waals surface area contributed by atoms with Gasteiger partial charge >= 0.3 is 6.18 Å². The summed E-state index contributed by atoms with van der Waals surface area (Å²) in [6.45, 7) is 3.80. The molecule has 1 saturated heterocycles. The highest BCUT2D eigenvalue weighted by Crippen LogP contribution is 2.49. The van der Waals surface area contributed by atoms with E-state index in [0.717, 1.165) is 37.1 Å². The van der Waals surface area contributed by atoms with Crippen LogP contribution in [0.5, 0.6) is 5.75 Å². The van der Waals surface area contributed by atoms with Gasteiger partial charge in [-0.1, -0.05) is 12.1 Å². The molecule has 0 atom stereocenters. The zero-order chi connectivity index (χ0) is 37.1. The number of fused-ring (bicyclic) bond motifs is 4. The number of amides is 1. The number of hydrogen-bond acceptors (Lipinski definition) is 6. The predicted octanol–water partition coefficient (Wildman–Crippen LogP) is 7.50. The molecule has 2 aliphatic rings. The molecule has 52 heavy (non-hydrogen) atoms. The molecule has 7 rings (SSSR count). The minimum atomic E-state index is -4.77. The number of aromatic nitrogens is 3. The van der Waals surface area contributed by atoms with Crippen molar-refractivity contribution in [3.05, 3.63) is 94.6 Å². The van der Waals surface area contributed by atoms with Gasteiger partial charge in [-0.25, -0.2) is 13.8 Å². The summed E-state index contributed by atoms with van der Waals surface area (Å²) >= 11 is 0. The number of aryl methyl sites for hydroxylation is 2. The first-order valence-corrected chi connectivity index (χ1v) is 19.3. The van der Waals surface area contributed by atoms with Gasteiger partial charge in [-0.15, -0.1) is 0 Å². The number of imidazole rings is 1. The number of carbonyl (C=O) groups excluding carboxylic acids is 2. The number of anilines is 1. The lowest BCUT2D eigenvalue weighted by molar-refractivity contribution is -0.137. The summed E-state index contributed by atoms with van der Waals surface area (Å²) in [6.07, 6.45) is 2.48. The van der Waals surface area contributed by atoms with Gasteiger partial charge in [0.1, 0.15) is 28.7 Å². The van der Waals surface area contributed by atoms with E-state index in [-0.39, 0.29) is 58.2 Å². The van der Waals surface area contributed by atoms with Crippen LogP contribution in [-0.2, 0) is 29.0 Å². The Morgan fingerprint density at radius 2 is 1.83 bits per heavy atom. The van der Waals surface area contributed by atoms with Crippen LogP contribution in [0.15, 0.2) is 54.7 Å². The Labute approximate surface area is 295 Å². The Morgan fingerprint density at radius 3 is 2.52 bits per heavy atom. The van der Waals surface area contributed by atoms with Gasteiger partial charge in [0.15, 0.2) is 5.75 Å². The van der Waals surface area contributed by atoms with Crippen molar-refractivity contribution in [3.63, 3.8) is 0 Å². The number of ketones is 1. The molecule has 5 aromatic rings. The smallest absolute Gasteiger partial charge is 0.417 e. The van der Waals surface area contributed by atoms with E-state index in [1.807, 2.05) is 0 Å². The lowest BCUT2D eigenvalue weighted by atomic mass is 9.94. The van der Waals surface area contributed by atoms with Crippen LogP contribution in [-0.4, -0.2) is 63.8 Å². The van der Waals surface area contributed by atoms with Gasteiger partial charge in [-0.3, -0.25) is 9.59 Å². The average molecular weight is 740 g/mol. The van der Waals surface area contributed by atoms with Gasteiger partial charge in [-0.2, -0.15) is 13.2 Å². The second-order valence-electron chi connectivity index (χ2n) is 13.5. The second-order valence-corrected chi connectivity index (χ2v) is 17.0. The number of ether oxygens (including phenoxy) is 1. The molecule has 3 aromatic heterocycles. The zero-order valence-corrected chi connectivity index (χ0v) is 29.4. The first-order chi connectivity index (χ1) is 24.6. The normalized spacial score (nSPS) is 19.0. The Kier molecular flexibility index (Phi) is 9.11. The Balaban J connectivity index is 1.18. The number of hydrogen-bond donors (Lipinski definition) is 2. The zero-order valence-electron chi connectivity index (χ0n) is 28.5. The van der Waals surface area contributed by atoms with E-state index < -0.39 is 47.9 Å². The first-order valence-electron chi connectivity index (χ1n) is 16.8. The minimum absolute atomic E-state index is 0.0208. The van der Waals surface area contributed by atoms with Crippen molar-refractivity contribution in [3.8, 4) is 16.9 Å². The summed E-state index contributed by atoms with van der Waals surface area (Å²) in [5.74, 6) is -3.44. The number of nitrogens with zero attached hydrogens (tertiary/aromatic N) is 3. The second kappa shape index (κ2) is 13.3. The standard InChI is InChI=1S/C37H35F5N5O4P/c1-20-44-33-28(46(20)2)19-25(37(40,41)42)31-24-6-5-12-47-29(18-21(34(24)47)8-13-51-36(31)33)35(49)22-16-26(38)32(27(39)17-22)45-30(48)7-4-11-43-23-9-14-52(3,50)15-10-23/h4-7,12,16-19,23,43H,8-11,13-15H2,1-3H3,(H,45,48)/b7-4+. The Bertz CT molecular complexity index is 2330. The molecule has 0 spiro atoms. The third-order valence-electron chi connectivity index (χ3n) is 9.90. The molecule has 2 aromatic carbocycles. The SMILES string of the molecule is Cc1nc2c3c(c(C(F)(F)F)cc2n1C)-c1cccn2c(C(=O)c4cc(F)c(NC(=O)/C=C/CNC5CCP(C)(=O)CC5)c(F)c4)cc(c12)CCO3. The van der Waals surface area contributed by atoms with Crippen LogP contribution in [0.25, 0.3) is 27.7 Å². The summed E-state index contributed by atoms with van der Waals surface area (Å²) in [4.78, 5) is 30.8. The van der Waals surface area contributed by atoms with E-state index >= 15 is 8.78 Å². The van der Waals surface area contributed by atoms with Crippen molar-refractivity contribution in [2.24, 2.45) is 7.05 Å². The van der Waals surface area contributed by atoms with Crippen molar-refractivity contribution in [1.29, 1.82) is 0 Å². The summed E-state index contributed by atoms with van der Waals surface area (Å²) in [5, 5.41) is 5.44. The highest BCUT2D eigenvalue weighted by Gasteiger charge is 2.39. The van der Waals surface area contributed by atoms with E-state index in [9.17, 15) is 27.3 Å². The number of halogens is 5. The highest BCUT2D eigenvalue weighted by molar-refractivity contribution is 7.63. The number of carbonyl (C=O) groups is 2. The van der Waals surface area contributed by atoms with E-state index in [4.69, 9.17) is 4.74 Å². The lowest BCUT2D eigenvalue weighted by Crippen LogP contribution is -2.33. The van der Waals surface area contributed by atoms with Crippen LogP contribution in [0.3, 0.4) is 0 Å². The van der Waals surface area contributed by atoms with E-state index in [0.29, 0.717) is 35.8 Å². The van der Waals surface area contributed by atoms with Crippen LogP contribution in [0.4, 0.5) is 27.6 Å². The molecule has 0 unspecified atom stereocenters. The van der Waals surface area contributed by atoms with Crippen LogP contribution < -0.4 is 15.4 Å². The van der Waals surface area contributed by atoms with Gasteiger partial charge in [0.25, 0.3) is 0 Å². The van der Waals surface area contributed by atoms with E-state index in [2.05, 4.69) is 15.6 Å². The van der Waals surface area contributed by atoms with Gasteiger partial charge < -0.3 is 28.9 Å². The Hall–Kier alpha value is -4.81. The monoisotopic (exact) mass is 739 g/mol. The molecule has 0 bridgehead atoms. The Morgan fingerprint density at radius 1 is 1.12 bits per heavy atom. The summed E-state index contributed by atoms with van der Waals surface area (Å²) in [5.41, 5.74) is -0.740. The summed E-state index contributed by atoms with van der Waals surface area (Å²) in [6, 6.07) is 7.32. The quantitative estimate of drug-likeness (QED) is 0.0776. The molecule has 1 amide bonds. The third-order valence-corrected chi connectivity index (χ3v) is 12.3. The fourth-order valence-corrected chi connectivity index (χ4v) is 9.01. The largest absolute Gasteiger partial charge is 0.490 e. The molecule has 272 valence electrons. The summed E-state index contributed by atoms with van der Waals surface area (Å²) < 4.78 is 95.8. The van der Waals surface area contributed by atoms with Crippen LogP contribution in [0, 0.1) is 18.6 Å².